The van der Waals surface area contributed by atoms with E-state index >= 15 is 0 Å². The second-order valence-electron chi connectivity index (χ2n) is 4.09. The van der Waals surface area contributed by atoms with E-state index in [0.29, 0.717) is 0 Å². The maximum atomic E-state index is 2.55. The van der Waals surface area contributed by atoms with E-state index in [9.17, 15) is 0 Å². The SMILES string of the molecule is C1C[NH2+][C@@H](C[NH+]2CCCC2)C1. The fraction of sp³-hybridized carbons (Fsp3) is 1.00. The van der Waals surface area contributed by atoms with Crippen LogP contribution in [0.3, 0.4) is 0 Å². The number of rotatable bonds is 2. The molecule has 2 saturated heterocycles. The molecule has 64 valence electrons. The van der Waals surface area contributed by atoms with Crippen LogP contribution in [0.15, 0.2) is 0 Å². The summed E-state index contributed by atoms with van der Waals surface area (Å²) in [6, 6.07) is 0.975. The second kappa shape index (κ2) is 3.55. The highest BCUT2D eigenvalue weighted by molar-refractivity contribution is 4.58. The van der Waals surface area contributed by atoms with Gasteiger partial charge in [-0.1, -0.05) is 0 Å². The molecule has 2 fully saturated rings. The topological polar surface area (TPSA) is 21.1 Å². The van der Waals surface area contributed by atoms with Crippen molar-refractivity contribution in [3.63, 3.8) is 0 Å². The number of nitrogens with two attached hydrogens (primary N) is 1. The molecule has 2 aliphatic heterocycles. The zero-order chi connectivity index (χ0) is 7.52. The molecule has 0 unspecified atom stereocenters. The lowest BCUT2D eigenvalue weighted by molar-refractivity contribution is -0.906. The van der Waals surface area contributed by atoms with Gasteiger partial charge < -0.3 is 10.2 Å². The van der Waals surface area contributed by atoms with Crippen molar-refractivity contribution in [1.82, 2.24) is 0 Å². The van der Waals surface area contributed by atoms with E-state index in [1.807, 2.05) is 4.90 Å². The molecule has 0 spiro atoms. The van der Waals surface area contributed by atoms with Gasteiger partial charge in [-0.05, 0) is 0 Å². The maximum Gasteiger partial charge on any atom is 0.136 e. The molecule has 0 saturated carbocycles. The summed E-state index contributed by atoms with van der Waals surface area (Å²) in [6.45, 7) is 5.73. The van der Waals surface area contributed by atoms with Crippen LogP contribution in [-0.2, 0) is 0 Å². The summed E-state index contributed by atoms with van der Waals surface area (Å²) in [6.07, 6.45) is 5.88. The van der Waals surface area contributed by atoms with Gasteiger partial charge in [0.25, 0.3) is 0 Å². The molecule has 2 aliphatic rings. The number of hydrogen-bond acceptors (Lipinski definition) is 0. The van der Waals surface area contributed by atoms with Gasteiger partial charge >= 0.3 is 0 Å². The molecule has 0 aliphatic carbocycles. The minimum absolute atomic E-state index is 0.975. The Kier molecular flexibility index (Phi) is 2.44. The number of nitrogens with one attached hydrogen (secondary N) is 1. The third kappa shape index (κ3) is 1.94. The van der Waals surface area contributed by atoms with Gasteiger partial charge in [-0.3, -0.25) is 0 Å². The molecule has 1 atom stereocenters. The Morgan fingerprint density at radius 3 is 2.64 bits per heavy atom. The van der Waals surface area contributed by atoms with Gasteiger partial charge in [0.15, 0.2) is 0 Å². The van der Waals surface area contributed by atoms with E-state index in [2.05, 4.69) is 5.32 Å². The Labute approximate surface area is 69.0 Å². The van der Waals surface area contributed by atoms with E-state index < -0.39 is 0 Å². The largest absolute Gasteiger partial charge is 0.339 e. The standard InChI is InChI=1S/C9H18N2/c1-2-7-11(6-1)8-9-4-3-5-10-9/h9-10H,1-8H2/p+2/t9-/m1/s1. The lowest BCUT2D eigenvalue weighted by Crippen LogP contribution is -3.14. The highest BCUT2D eigenvalue weighted by Crippen LogP contribution is 1.95. The minimum Gasteiger partial charge on any atom is -0.339 e. The lowest BCUT2D eigenvalue weighted by Gasteiger charge is -2.14. The second-order valence-corrected chi connectivity index (χ2v) is 4.09. The first-order valence-electron chi connectivity index (χ1n) is 5.12. The Morgan fingerprint density at radius 1 is 1.18 bits per heavy atom. The predicted molar refractivity (Wildman–Crippen MR) is 44.6 cm³/mol. The van der Waals surface area contributed by atoms with Crippen molar-refractivity contribution >= 4 is 0 Å². The first-order valence-corrected chi connectivity index (χ1v) is 5.12. The quantitative estimate of drug-likeness (QED) is 0.480. The summed E-state index contributed by atoms with van der Waals surface area (Å²) < 4.78 is 0. The molecular weight excluding hydrogens is 136 g/mol. The summed E-state index contributed by atoms with van der Waals surface area (Å²) >= 11 is 0. The Balaban J connectivity index is 1.71. The molecule has 2 heteroatoms. The molecule has 2 rings (SSSR count). The number of hydrogen-bond donors (Lipinski definition) is 2. The lowest BCUT2D eigenvalue weighted by atomic mass is 10.2. The summed E-state index contributed by atoms with van der Waals surface area (Å²) in [5, 5.41) is 2.55. The molecule has 0 aromatic carbocycles. The highest BCUT2D eigenvalue weighted by Gasteiger charge is 2.25. The summed E-state index contributed by atoms with van der Waals surface area (Å²) in [4.78, 5) is 1.87. The van der Waals surface area contributed by atoms with E-state index in [1.54, 1.807) is 0 Å². The molecule has 2 nitrogen and oxygen atoms in total. The fourth-order valence-corrected chi connectivity index (χ4v) is 2.49. The third-order valence-corrected chi connectivity index (χ3v) is 3.14. The van der Waals surface area contributed by atoms with Gasteiger partial charge in [-0.2, -0.15) is 0 Å². The van der Waals surface area contributed by atoms with Gasteiger partial charge in [0.05, 0.1) is 19.6 Å². The van der Waals surface area contributed by atoms with Crippen molar-refractivity contribution in [3.8, 4) is 0 Å². The van der Waals surface area contributed by atoms with Crippen molar-refractivity contribution in [1.29, 1.82) is 0 Å². The zero-order valence-electron chi connectivity index (χ0n) is 7.31. The Morgan fingerprint density at radius 2 is 2.00 bits per heavy atom. The Bertz CT molecular complexity index is 98.7. The highest BCUT2D eigenvalue weighted by atomic mass is 15.2. The average Bonchev–Trinajstić information content (AvgIpc) is 2.60. The first-order chi connectivity index (χ1) is 5.45. The molecule has 0 bridgehead atoms. The van der Waals surface area contributed by atoms with Gasteiger partial charge in [-0.15, -0.1) is 0 Å². The third-order valence-electron chi connectivity index (χ3n) is 3.14. The molecule has 0 amide bonds. The molecule has 11 heavy (non-hydrogen) atoms. The molecular formula is C9H20N2+2. The van der Waals surface area contributed by atoms with E-state index in [0.717, 1.165) is 6.04 Å². The van der Waals surface area contributed by atoms with E-state index in [-0.39, 0.29) is 0 Å². The van der Waals surface area contributed by atoms with Crippen molar-refractivity contribution in [2.75, 3.05) is 26.2 Å². The monoisotopic (exact) mass is 156 g/mol. The summed E-state index contributed by atoms with van der Waals surface area (Å²) in [7, 11) is 0. The summed E-state index contributed by atoms with van der Waals surface area (Å²) in [5.41, 5.74) is 0. The maximum absolute atomic E-state index is 2.55. The van der Waals surface area contributed by atoms with Gasteiger partial charge in [0, 0.05) is 25.7 Å². The molecule has 3 N–H and O–H groups in total. The van der Waals surface area contributed by atoms with Crippen LogP contribution >= 0.6 is 0 Å². The van der Waals surface area contributed by atoms with Crippen molar-refractivity contribution in [2.45, 2.75) is 31.7 Å². The van der Waals surface area contributed by atoms with Crippen LogP contribution in [0.4, 0.5) is 0 Å². The molecule has 0 aromatic rings. The van der Waals surface area contributed by atoms with Crippen molar-refractivity contribution in [3.05, 3.63) is 0 Å². The van der Waals surface area contributed by atoms with Crippen LogP contribution in [0.2, 0.25) is 0 Å². The van der Waals surface area contributed by atoms with Crippen LogP contribution in [0.25, 0.3) is 0 Å². The van der Waals surface area contributed by atoms with Crippen LogP contribution in [0, 0.1) is 0 Å². The van der Waals surface area contributed by atoms with Crippen LogP contribution < -0.4 is 10.2 Å². The predicted octanol–water partition coefficient (Wildman–Crippen LogP) is -1.61. The Hall–Kier alpha value is -0.0800. The van der Waals surface area contributed by atoms with E-state index in [4.69, 9.17) is 0 Å². The summed E-state index contributed by atoms with van der Waals surface area (Å²) in [5.74, 6) is 0. The van der Waals surface area contributed by atoms with Crippen molar-refractivity contribution in [2.24, 2.45) is 0 Å². The number of quaternary nitrogens is 2. The van der Waals surface area contributed by atoms with Gasteiger partial charge in [0.2, 0.25) is 0 Å². The average molecular weight is 156 g/mol. The molecule has 0 aromatic heterocycles. The molecule has 0 radical (unpaired) electrons. The molecule has 2 heterocycles. The fourth-order valence-electron chi connectivity index (χ4n) is 2.49. The zero-order valence-corrected chi connectivity index (χ0v) is 7.31. The van der Waals surface area contributed by atoms with Crippen LogP contribution in [-0.4, -0.2) is 32.2 Å². The van der Waals surface area contributed by atoms with Gasteiger partial charge in [-0.25, -0.2) is 0 Å². The van der Waals surface area contributed by atoms with Crippen molar-refractivity contribution < 1.29 is 10.2 Å². The van der Waals surface area contributed by atoms with Crippen LogP contribution in [0.5, 0.6) is 0 Å². The first kappa shape index (κ1) is 7.56. The normalized spacial score (nSPS) is 33.3. The number of likely N-dealkylation sites (tertiary alicyclic amines) is 1. The van der Waals surface area contributed by atoms with Gasteiger partial charge in [0.1, 0.15) is 12.6 Å². The minimum atomic E-state index is 0.975. The smallest absolute Gasteiger partial charge is 0.136 e. The van der Waals surface area contributed by atoms with Crippen LogP contribution in [0.1, 0.15) is 25.7 Å². The van der Waals surface area contributed by atoms with E-state index in [1.165, 1.54) is 51.9 Å².